The van der Waals surface area contributed by atoms with Gasteiger partial charge in [-0.3, -0.25) is 0 Å². The van der Waals surface area contributed by atoms with Crippen LogP contribution in [0.1, 0.15) is 0 Å². The van der Waals surface area contributed by atoms with E-state index in [-0.39, 0.29) is 25.8 Å². The molecule has 0 aliphatic rings. The summed E-state index contributed by atoms with van der Waals surface area (Å²) in [7, 11) is -1.50. The average Bonchev–Trinajstić information content (AvgIpc) is 1.70. The molecule has 0 aliphatic heterocycles. The van der Waals surface area contributed by atoms with Gasteiger partial charge in [0.1, 0.15) is 0 Å². The van der Waals surface area contributed by atoms with Crippen LogP contribution in [0.25, 0.3) is 0 Å². The maximum atomic E-state index is 8.25. The molecule has 0 spiro atoms. The molecule has 0 aliphatic carbocycles. The summed E-state index contributed by atoms with van der Waals surface area (Å²) in [6.07, 6.45) is 0. The molecule has 0 aromatic carbocycles. The van der Waals surface area contributed by atoms with E-state index in [0.29, 0.717) is 0 Å². The van der Waals surface area contributed by atoms with Crippen molar-refractivity contribution in [1.29, 1.82) is 0 Å². The van der Waals surface area contributed by atoms with Crippen LogP contribution in [-0.2, 0) is 14.1 Å². The van der Waals surface area contributed by atoms with E-state index in [0.717, 1.165) is 0 Å². The zero-order valence-electron chi connectivity index (χ0n) is 4.76. The van der Waals surface area contributed by atoms with Crippen LogP contribution in [0.15, 0.2) is 0 Å². The third kappa shape index (κ3) is 20300. The van der Waals surface area contributed by atoms with Crippen LogP contribution in [0.2, 0.25) is 0 Å². The van der Waals surface area contributed by atoms with E-state index in [1.807, 2.05) is 0 Å². The van der Waals surface area contributed by atoms with Gasteiger partial charge in [-0.1, -0.05) is 0 Å². The van der Waals surface area contributed by atoms with Gasteiger partial charge in [-0.2, -0.15) is 0 Å². The predicted octanol–water partition coefficient (Wildman–Crippen LogP) is -5.45. The van der Waals surface area contributed by atoms with Crippen molar-refractivity contribution in [3.8, 4) is 0 Å². The molecule has 0 fully saturated rings. The summed E-state index contributed by atoms with van der Waals surface area (Å²) in [6, 6.07) is 0. The Morgan fingerprint density at radius 1 is 0.700 bits per heavy atom. The molecule has 0 aromatic rings. The summed E-state index contributed by atoms with van der Waals surface area (Å²) in [4.78, 5) is 0. The fourth-order valence-corrected chi connectivity index (χ4v) is 0. The smallest absolute Gasteiger partial charge is 3.00 e. The molecule has 10 heavy (non-hydrogen) atoms. The third-order valence-electron chi connectivity index (χ3n) is 0. The van der Waals surface area contributed by atoms with E-state index < -0.39 is 22.1 Å². The summed E-state index contributed by atoms with van der Waals surface area (Å²) in [6.45, 7) is 0. The molecular formula is B3InO6. The topological polar surface area (TPSA) is 120 Å². The van der Waals surface area contributed by atoms with Crippen LogP contribution in [0.5, 0.6) is 0 Å². The predicted molar refractivity (Wildman–Crippen MR) is 25.1 cm³/mol. The first-order valence-electron chi connectivity index (χ1n) is 1.41. The minimum absolute atomic E-state index is 0. The first-order chi connectivity index (χ1) is 4.24. The Balaban J connectivity index is -0.0000000257. The third-order valence-corrected chi connectivity index (χ3v) is 0. The van der Waals surface area contributed by atoms with Crippen LogP contribution < -0.4 is 15.1 Å². The molecule has 0 amide bonds. The molecule has 48 valence electrons. The second-order valence-electron chi connectivity index (χ2n) is 0.289. The fourth-order valence-electron chi connectivity index (χ4n) is 0. The van der Waals surface area contributed by atoms with Crippen molar-refractivity contribution >= 4 is 47.9 Å². The normalized spacial score (nSPS) is 2.40. The van der Waals surface area contributed by atoms with Gasteiger partial charge in [-0.25, -0.2) is 0 Å². The van der Waals surface area contributed by atoms with Gasteiger partial charge in [0, 0.05) is 0 Å². The van der Waals surface area contributed by atoms with Crippen molar-refractivity contribution in [2.45, 2.75) is 0 Å². The van der Waals surface area contributed by atoms with E-state index in [1.165, 1.54) is 0 Å². The Kier molecular flexibility index (Phi) is 151. The molecule has 0 saturated carbocycles. The summed E-state index contributed by atoms with van der Waals surface area (Å²) >= 11 is 0. The Bertz CT molecular complexity index is 49.7. The fraction of sp³-hybridized carbons (Fsp3) is 0. The van der Waals surface area contributed by atoms with Crippen molar-refractivity contribution < 1.29 is 29.2 Å². The van der Waals surface area contributed by atoms with Gasteiger partial charge in [0.25, 0.3) is 0 Å². The zero-order chi connectivity index (χ0) is 8.12. The zero-order valence-corrected chi connectivity index (χ0v) is 8.05. The summed E-state index contributed by atoms with van der Waals surface area (Å²) in [5.74, 6) is 0. The molecule has 0 radical (unpaired) electrons. The molecule has 0 saturated heterocycles. The Labute approximate surface area is 77.3 Å². The van der Waals surface area contributed by atoms with Crippen LogP contribution >= 0.6 is 0 Å². The molecule has 0 rings (SSSR count). The second kappa shape index (κ2) is 66.8. The van der Waals surface area contributed by atoms with Crippen LogP contribution in [0.4, 0.5) is 0 Å². The van der Waals surface area contributed by atoms with Gasteiger partial charge in [-0.15, -0.1) is 0 Å². The average molecular weight is 243 g/mol. The number of hydrogen-bond acceptors (Lipinski definition) is 6. The minimum atomic E-state index is -0.500. The minimum Gasteiger partial charge on any atom is 3.00 e. The largest absolute Gasteiger partial charge is 3.00 e. The van der Waals surface area contributed by atoms with Crippen LogP contribution in [0, 0.1) is 0 Å². The van der Waals surface area contributed by atoms with Crippen molar-refractivity contribution in [2.24, 2.45) is 0 Å². The maximum Gasteiger partial charge on any atom is 3.00 e. The molecule has 0 aromatic heterocycles. The molecule has 10 heteroatoms. The summed E-state index contributed by atoms with van der Waals surface area (Å²) < 4.78 is 24.8. The number of hydrogen-bond donors (Lipinski definition) is 0. The Hall–Kier alpha value is -0.135. The molecular weight excluding hydrogens is 243 g/mol. The van der Waals surface area contributed by atoms with E-state index in [4.69, 9.17) is 29.2 Å². The molecule has 6 nitrogen and oxygen atoms in total. The Morgan fingerprint density at radius 2 is 0.700 bits per heavy atom. The molecule has 0 N–H and O–H groups in total. The van der Waals surface area contributed by atoms with Crippen molar-refractivity contribution in [3.05, 3.63) is 0 Å². The number of rotatable bonds is 0. The Morgan fingerprint density at radius 3 is 0.700 bits per heavy atom. The van der Waals surface area contributed by atoms with Crippen molar-refractivity contribution in [2.75, 3.05) is 0 Å². The molecule has 0 unspecified atom stereocenters. The van der Waals surface area contributed by atoms with Crippen molar-refractivity contribution in [1.82, 2.24) is 0 Å². The first kappa shape index (κ1) is 22.5. The van der Waals surface area contributed by atoms with Crippen LogP contribution in [-0.4, -0.2) is 47.9 Å². The second-order valence-corrected chi connectivity index (χ2v) is 0.289. The standard InChI is InChI=1S/3BO2.In/c3*2-1-3;/q3*-1;+3. The van der Waals surface area contributed by atoms with Gasteiger partial charge in [0.2, 0.25) is 0 Å². The van der Waals surface area contributed by atoms with Crippen molar-refractivity contribution in [3.63, 3.8) is 0 Å². The van der Waals surface area contributed by atoms with Gasteiger partial charge in [0.05, 0.1) is 0 Å². The van der Waals surface area contributed by atoms with E-state index >= 15 is 0 Å². The van der Waals surface area contributed by atoms with Gasteiger partial charge < -0.3 is 0 Å². The van der Waals surface area contributed by atoms with Gasteiger partial charge in [0.15, 0.2) is 0 Å². The maximum absolute atomic E-state index is 8.25. The molecule has 0 bridgehead atoms. The SMILES string of the molecule is O=B[O-].O=B[O-].O=B[O-].[In+3]. The molecule has 0 heterocycles. The van der Waals surface area contributed by atoms with Gasteiger partial charge >= 0.3 is 77.1 Å². The van der Waals surface area contributed by atoms with E-state index in [9.17, 15) is 0 Å². The molecule has 0 atom stereocenters. The first-order valence-corrected chi connectivity index (χ1v) is 1.41. The van der Waals surface area contributed by atoms with E-state index in [1.54, 1.807) is 0 Å². The quantitative estimate of drug-likeness (QED) is 0.391. The van der Waals surface area contributed by atoms with E-state index in [2.05, 4.69) is 0 Å². The van der Waals surface area contributed by atoms with Crippen LogP contribution in [0.3, 0.4) is 0 Å². The monoisotopic (exact) mass is 244 g/mol. The summed E-state index contributed by atoms with van der Waals surface area (Å²) in [5.41, 5.74) is 0. The van der Waals surface area contributed by atoms with Gasteiger partial charge in [-0.05, 0) is 0 Å². The summed E-state index contributed by atoms with van der Waals surface area (Å²) in [5, 5.41) is 24.8.